The Bertz CT molecular complexity index is 416. The molecule has 0 saturated carbocycles. The first-order chi connectivity index (χ1) is 6.45. The molecule has 0 amide bonds. The Kier molecular flexibility index (Phi) is 2.57. The van der Waals surface area contributed by atoms with Crippen LogP contribution in [0.1, 0.15) is 20.7 Å². The number of anilines is 1. The third-order valence-electron chi connectivity index (χ3n) is 1.69. The number of hydrogen-bond acceptors (Lipinski definition) is 3. The standard InChI is InChI=1S/C8H6NO4Si/c9-6-3(7(10)11)1-2-4(14)5(6)8(12)13/h1-2H,9H2,(H,10,11)(H,12,13). The van der Waals surface area contributed by atoms with Crippen molar-refractivity contribution in [1.82, 2.24) is 0 Å². The molecule has 0 heterocycles. The van der Waals surface area contributed by atoms with Gasteiger partial charge in [-0.15, -0.1) is 0 Å². The van der Waals surface area contributed by atoms with Crippen LogP contribution in [-0.2, 0) is 0 Å². The van der Waals surface area contributed by atoms with Crippen LogP contribution in [0.5, 0.6) is 0 Å². The Morgan fingerprint density at radius 2 is 1.79 bits per heavy atom. The van der Waals surface area contributed by atoms with Gasteiger partial charge in [0.1, 0.15) is 0 Å². The van der Waals surface area contributed by atoms with Gasteiger partial charge in [0, 0.05) is 0 Å². The SMILES string of the molecule is Nc1c(C(=O)O)ccc([Si])c1C(=O)O. The van der Waals surface area contributed by atoms with Gasteiger partial charge < -0.3 is 15.9 Å². The molecule has 1 aromatic rings. The number of nitrogens with two attached hydrogens (primary N) is 1. The lowest BCUT2D eigenvalue weighted by Gasteiger charge is -2.07. The van der Waals surface area contributed by atoms with E-state index in [0.29, 0.717) is 0 Å². The fraction of sp³-hybridized carbons (Fsp3) is 0. The second kappa shape index (κ2) is 3.50. The van der Waals surface area contributed by atoms with Gasteiger partial charge in [0.2, 0.25) is 0 Å². The quantitative estimate of drug-likeness (QED) is 0.447. The van der Waals surface area contributed by atoms with E-state index in [-0.39, 0.29) is 22.0 Å². The van der Waals surface area contributed by atoms with Gasteiger partial charge in [-0.05, 0) is 6.07 Å². The predicted molar refractivity (Wildman–Crippen MR) is 50.2 cm³/mol. The smallest absolute Gasteiger partial charge is 0.337 e. The highest BCUT2D eigenvalue weighted by atomic mass is 28.1. The molecule has 14 heavy (non-hydrogen) atoms. The highest BCUT2D eigenvalue weighted by Gasteiger charge is 2.17. The van der Waals surface area contributed by atoms with Crippen molar-refractivity contribution in [3.63, 3.8) is 0 Å². The van der Waals surface area contributed by atoms with E-state index in [9.17, 15) is 9.59 Å². The van der Waals surface area contributed by atoms with Crippen LogP contribution in [0, 0.1) is 0 Å². The Balaban J connectivity index is 3.49. The zero-order valence-electron chi connectivity index (χ0n) is 6.94. The number of aromatic carboxylic acids is 2. The highest BCUT2D eigenvalue weighted by Crippen LogP contribution is 2.15. The summed E-state index contributed by atoms with van der Waals surface area (Å²) in [6.45, 7) is 0. The topological polar surface area (TPSA) is 101 Å². The van der Waals surface area contributed by atoms with Crippen LogP contribution in [0.25, 0.3) is 0 Å². The number of nitrogen functional groups attached to an aromatic ring is 1. The third-order valence-corrected chi connectivity index (χ3v) is 2.11. The van der Waals surface area contributed by atoms with E-state index in [1.54, 1.807) is 0 Å². The summed E-state index contributed by atoms with van der Waals surface area (Å²) < 4.78 is 0. The van der Waals surface area contributed by atoms with Crippen molar-refractivity contribution in [1.29, 1.82) is 0 Å². The summed E-state index contributed by atoms with van der Waals surface area (Å²) in [7, 11) is 3.03. The summed E-state index contributed by atoms with van der Waals surface area (Å²) in [5.74, 6) is -2.52. The molecule has 0 unspecified atom stereocenters. The molecule has 0 atom stereocenters. The average molecular weight is 208 g/mol. The van der Waals surface area contributed by atoms with Gasteiger partial charge in [-0.25, -0.2) is 9.59 Å². The van der Waals surface area contributed by atoms with Gasteiger partial charge in [-0.3, -0.25) is 0 Å². The Labute approximate surface area is 82.6 Å². The molecule has 0 bridgehead atoms. The van der Waals surface area contributed by atoms with Gasteiger partial charge >= 0.3 is 11.9 Å². The predicted octanol–water partition coefficient (Wildman–Crippen LogP) is -0.541. The molecule has 0 aliphatic heterocycles. The highest BCUT2D eigenvalue weighted by molar-refractivity contribution is 6.37. The summed E-state index contributed by atoms with van der Waals surface area (Å²) >= 11 is 0. The van der Waals surface area contributed by atoms with E-state index in [0.717, 1.165) is 0 Å². The van der Waals surface area contributed by atoms with E-state index in [1.165, 1.54) is 12.1 Å². The second-order valence-corrected chi connectivity index (χ2v) is 3.10. The zero-order chi connectivity index (χ0) is 10.9. The Morgan fingerprint density at radius 3 is 2.21 bits per heavy atom. The number of hydrogen-bond donors (Lipinski definition) is 3. The molecule has 0 aromatic heterocycles. The summed E-state index contributed by atoms with van der Waals surface area (Å²) in [6.07, 6.45) is 0. The molecule has 1 rings (SSSR count). The van der Waals surface area contributed by atoms with Crippen LogP contribution < -0.4 is 10.9 Å². The molecule has 4 N–H and O–H groups in total. The van der Waals surface area contributed by atoms with Crippen LogP contribution in [-0.4, -0.2) is 32.4 Å². The largest absolute Gasteiger partial charge is 0.478 e. The van der Waals surface area contributed by atoms with Gasteiger partial charge in [0.15, 0.2) is 0 Å². The van der Waals surface area contributed by atoms with Gasteiger partial charge in [-0.2, -0.15) is 0 Å². The summed E-state index contributed by atoms with van der Waals surface area (Å²) in [5, 5.41) is 17.7. The maximum atomic E-state index is 10.7. The molecular weight excluding hydrogens is 202 g/mol. The van der Waals surface area contributed by atoms with Gasteiger partial charge in [-0.1, -0.05) is 11.3 Å². The minimum absolute atomic E-state index is 0.218. The second-order valence-electron chi connectivity index (χ2n) is 2.56. The van der Waals surface area contributed by atoms with E-state index < -0.39 is 11.9 Å². The van der Waals surface area contributed by atoms with Crippen molar-refractivity contribution >= 4 is 33.1 Å². The van der Waals surface area contributed by atoms with Crippen molar-refractivity contribution < 1.29 is 19.8 Å². The van der Waals surface area contributed by atoms with Crippen molar-refractivity contribution in [2.24, 2.45) is 0 Å². The maximum absolute atomic E-state index is 10.7. The fourth-order valence-electron chi connectivity index (χ4n) is 1.04. The van der Waals surface area contributed by atoms with Crippen LogP contribution in [0.4, 0.5) is 5.69 Å². The third kappa shape index (κ3) is 1.60. The van der Waals surface area contributed by atoms with E-state index in [4.69, 9.17) is 15.9 Å². The normalized spacial score (nSPS) is 9.79. The minimum Gasteiger partial charge on any atom is -0.478 e. The van der Waals surface area contributed by atoms with Crippen LogP contribution in [0.15, 0.2) is 12.1 Å². The number of carboxylic acid groups (broad SMARTS) is 2. The van der Waals surface area contributed by atoms with Crippen molar-refractivity contribution in [3.05, 3.63) is 23.3 Å². The first-order valence-electron chi connectivity index (χ1n) is 3.55. The number of benzene rings is 1. The number of carbonyl (C=O) groups is 2. The van der Waals surface area contributed by atoms with Crippen molar-refractivity contribution in [2.45, 2.75) is 0 Å². The monoisotopic (exact) mass is 208 g/mol. The summed E-state index contributed by atoms with van der Waals surface area (Å²) in [6, 6.07) is 2.58. The number of carboxylic acids is 2. The first-order valence-corrected chi connectivity index (χ1v) is 4.05. The minimum atomic E-state index is -1.27. The molecule has 0 aliphatic rings. The van der Waals surface area contributed by atoms with E-state index >= 15 is 0 Å². The molecule has 0 spiro atoms. The first kappa shape index (κ1) is 10.3. The molecule has 71 valence electrons. The summed E-state index contributed by atoms with van der Waals surface area (Å²) in [4.78, 5) is 21.3. The Morgan fingerprint density at radius 1 is 1.21 bits per heavy atom. The molecule has 0 fully saturated rings. The zero-order valence-corrected chi connectivity index (χ0v) is 7.94. The lowest BCUT2D eigenvalue weighted by atomic mass is 10.1. The van der Waals surface area contributed by atoms with Crippen LogP contribution >= 0.6 is 0 Å². The molecule has 0 saturated heterocycles. The lowest BCUT2D eigenvalue weighted by Crippen LogP contribution is -2.20. The van der Waals surface area contributed by atoms with Crippen LogP contribution in [0.2, 0.25) is 0 Å². The molecular formula is C8H6NO4Si. The van der Waals surface area contributed by atoms with Gasteiger partial charge in [0.05, 0.1) is 27.1 Å². The molecule has 6 heteroatoms. The molecule has 5 nitrogen and oxygen atoms in total. The fourth-order valence-corrected chi connectivity index (χ4v) is 1.36. The molecule has 1 aromatic carbocycles. The molecule has 3 radical (unpaired) electrons. The van der Waals surface area contributed by atoms with E-state index in [2.05, 4.69) is 10.2 Å². The van der Waals surface area contributed by atoms with Crippen LogP contribution in [0.3, 0.4) is 0 Å². The Hall–Kier alpha value is -1.82. The lowest BCUT2D eigenvalue weighted by molar-refractivity contribution is 0.0696. The van der Waals surface area contributed by atoms with E-state index in [1.807, 2.05) is 0 Å². The number of rotatable bonds is 2. The molecule has 0 aliphatic carbocycles. The van der Waals surface area contributed by atoms with Gasteiger partial charge in [0.25, 0.3) is 0 Å². The van der Waals surface area contributed by atoms with Crippen molar-refractivity contribution in [2.75, 3.05) is 5.73 Å². The summed E-state index contributed by atoms with van der Waals surface area (Å²) in [5.41, 5.74) is 4.69. The average Bonchev–Trinajstić information content (AvgIpc) is 2.02. The van der Waals surface area contributed by atoms with Crippen molar-refractivity contribution in [3.8, 4) is 0 Å². The maximum Gasteiger partial charge on any atom is 0.337 e.